The number of hydrogen-bond acceptors (Lipinski definition) is 2. The van der Waals surface area contributed by atoms with Gasteiger partial charge in [0.1, 0.15) is 0 Å². The molecule has 0 amide bonds. The Bertz CT molecular complexity index is 629. The Morgan fingerprint density at radius 2 is 1.89 bits per heavy atom. The Kier molecular flexibility index (Phi) is 3.08. The fourth-order valence-electron chi connectivity index (χ4n) is 2.52. The summed E-state index contributed by atoms with van der Waals surface area (Å²) in [6.45, 7) is 6.19. The first-order valence-electron chi connectivity index (χ1n) is 6.67. The van der Waals surface area contributed by atoms with Crippen molar-refractivity contribution in [2.24, 2.45) is 4.99 Å². The van der Waals surface area contributed by atoms with Gasteiger partial charge in [0.25, 0.3) is 0 Å². The van der Waals surface area contributed by atoms with Gasteiger partial charge < -0.3 is 4.90 Å². The van der Waals surface area contributed by atoms with Crippen LogP contribution in [0.2, 0.25) is 0 Å². The highest BCUT2D eigenvalue weighted by atomic mass is 15.2. The van der Waals surface area contributed by atoms with Crippen LogP contribution in [-0.2, 0) is 6.54 Å². The van der Waals surface area contributed by atoms with Crippen LogP contribution in [0.1, 0.15) is 16.7 Å². The Labute approximate surface area is 114 Å². The van der Waals surface area contributed by atoms with Gasteiger partial charge in [0.15, 0.2) is 0 Å². The van der Waals surface area contributed by atoms with E-state index in [-0.39, 0.29) is 0 Å². The molecular weight excluding hydrogens is 232 g/mol. The Hall–Kier alpha value is -2.09. The molecule has 0 unspecified atom stereocenters. The Morgan fingerprint density at radius 1 is 1.05 bits per heavy atom. The van der Waals surface area contributed by atoms with Gasteiger partial charge in [-0.1, -0.05) is 30.3 Å². The second-order valence-electron chi connectivity index (χ2n) is 5.04. The van der Waals surface area contributed by atoms with Crippen LogP contribution in [0, 0.1) is 13.8 Å². The van der Waals surface area contributed by atoms with Crippen molar-refractivity contribution in [2.45, 2.75) is 20.4 Å². The van der Waals surface area contributed by atoms with Crippen molar-refractivity contribution in [3.63, 3.8) is 0 Å². The normalized spacial score (nSPS) is 13.5. The van der Waals surface area contributed by atoms with E-state index in [4.69, 9.17) is 0 Å². The molecule has 19 heavy (non-hydrogen) atoms. The summed E-state index contributed by atoms with van der Waals surface area (Å²) in [7, 11) is 0. The highest BCUT2D eigenvalue weighted by Crippen LogP contribution is 2.31. The average molecular weight is 250 g/mol. The molecule has 0 N–H and O–H groups in total. The van der Waals surface area contributed by atoms with Crippen LogP contribution >= 0.6 is 0 Å². The number of nitrogens with zero attached hydrogens (tertiary/aromatic N) is 2. The molecule has 2 heteroatoms. The zero-order chi connectivity index (χ0) is 13.2. The van der Waals surface area contributed by atoms with Gasteiger partial charge in [-0.05, 0) is 42.7 Å². The molecule has 1 aliphatic rings. The van der Waals surface area contributed by atoms with E-state index in [0.29, 0.717) is 0 Å². The molecular formula is C17H18N2. The van der Waals surface area contributed by atoms with Gasteiger partial charge in [0, 0.05) is 12.8 Å². The molecule has 0 fully saturated rings. The molecule has 0 spiro atoms. The number of benzene rings is 2. The topological polar surface area (TPSA) is 15.6 Å². The number of para-hydroxylation sites is 2. The third-order valence-corrected chi connectivity index (χ3v) is 3.83. The standard InChI is InChI=1S/C17H18N2/c1-13-6-5-7-15(14(13)2)12-19-11-10-18-16-8-3-4-9-17(16)19/h3-10H,11-12H2,1-2H3. The lowest BCUT2D eigenvalue weighted by atomic mass is 10.0. The van der Waals surface area contributed by atoms with E-state index >= 15 is 0 Å². The van der Waals surface area contributed by atoms with Crippen LogP contribution in [0.4, 0.5) is 11.4 Å². The number of anilines is 1. The highest BCUT2D eigenvalue weighted by Gasteiger charge is 2.14. The zero-order valence-electron chi connectivity index (χ0n) is 11.4. The summed E-state index contributed by atoms with van der Waals surface area (Å²) in [6, 6.07) is 14.9. The van der Waals surface area contributed by atoms with Gasteiger partial charge in [-0.15, -0.1) is 0 Å². The number of aliphatic imine (C=N–C) groups is 1. The lowest BCUT2D eigenvalue weighted by Gasteiger charge is -2.28. The van der Waals surface area contributed by atoms with Crippen LogP contribution in [0.25, 0.3) is 0 Å². The number of hydrogen-bond donors (Lipinski definition) is 0. The van der Waals surface area contributed by atoms with Crippen molar-refractivity contribution >= 4 is 17.6 Å². The smallest absolute Gasteiger partial charge is 0.0860 e. The van der Waals surface area contributed by atoms with Crippen LogP contribution in [0.3, 0.4) is 0 Å². The molecule has 2 nitrogen and oxygen atoms in total. The van der Waals surface area contributed by atoms with E-state index in [9.17, 15) is 0 Å². The first-order valence-corrected chi connectivity index (χ1v) is 6.67. The van der Waals surface area contributed by atoms with Crippen LogP contribution in [0.5, 0.6) is 0 Å². The van der Waals surface area contributed by atoms with Crippen molar-refractivity contribution in [2.75, 3.05) is 11.4 Å². The average Bonchev–Trinajstić information content (AvgIpc) is 2.44. The largest absolute Gasteiger partial charge is 0.360 e. The van der Waals surface area contributed by atoms with E-state index in [1.165, 1.54) is 22.4 Å². The van der Waals surface area contributed by atoms with Crippen molar-refractivity contribution in [3.05, 3.63) is 59.2 Å². The van der Waals surface area contributed by atoms with E-state index in [0.717, 1.165) is 18.8 Å². The molecule has 0 saturated heterocycles. The van der Waals surface area contributed by atoms with Gasteiger partial charge in [-0.3, -0.25) is 4.99 Å². The Morgan fingerprint density at radius 3 is 2.79 bits per heavy atom. The summed E-state index contributed by atoms with van der Waals surface area (Å²) >= 11 is 0. The van der Waals surface area contributed by atoms with Gasteiger partial charge in [-0.25, -0.2) is 0 Å². The van der Waals surface area contributed by atoms with Crippen molar-refractivity contribution in [1.29, 1.82) is 0 Å². The van der Waals surface area contributed by atoms with Gasteiger partial charge in [-0.2, -0.15) is 0 Å². The minimum atomic E-state index is 0.879. The number of aryl methyl sites for hydroxylation is 1. The van der Waals surface area contributed by atoms with Crippen LogP contribution in [-0.4, -0.2) is 12.8 Å². The third kappa shape index (κ3) is 2.26. The minimum Gasteiger partial charge on any atom is -0.360 e. The molecule has 0 aliphatic carbocycles. The van der Waals surface area contributed by atoms with Crippen LogP contribution in [0.15, 0.2) is 47.5 Å². The molecule has 0 aromatic heterocycles. The van der Waals surface area contributed by atoms with Gasteiger partial charge in [0.2, 0.25) is 0 Å². The minimum absolute atomic E-state index is 0.879. The lowest BCUT2D eigenvalue weighted by molar-refractivity contribution is 0.872. The summed E-state index contributed by atoms with van der Waals surface area (Å²) in [5.41, 5.74) is 6.44. The summed E-state index contributed by atoms with van der Waals surface area (Å²) in [5.74, 6) is 0. The Balaban J connectivity index is 1.93. The second kappa shape index (κ2) is 4.88. The molecule has 1 heterocycles. The van der Waals surface area contributed by atoms with Gasteiger partial charge in [0.05, 0.1) is 17.9 Å². The maximum absolute atomic E-state index is 4.46. The fourth-order valence-corrected chi connectivity index (χ4v) is 2.52. The van der Waals surface area contributed by atoms with Crippen molar-refractivity contribution in [1.82, 2.24) is 0 Å². The molecule has 96 valence electrons. The summed E-state index contributed by atoms with van der Waals surface area (Å²) in [5, 5.41) is 0. The first-order chi connectivity index (χ1) is 9.25. The number of fused-ring (bicyclic) bond motifs is 1. The van der Waals surface area contributed by atoms with Gasteiger partial charge >= 0.3 is 0 Å². The maximum Gasteiger partial charge on any atom is 0.0860 e. The zero-order valence-corrected chi connectivity index (χ0v) is 11.4. The van der Waals surface area contributed by atoms with Crippen LogP contribution < -0.4 is 4.90 Å². The van der Waals surface area contributed by atoms with E-state index in [1.54, 1.807) is 0 Å². The number of rotatable bonds is 2. The molecule has 0 atom stereocenters. The highest BCUT2D eigenvalue weighted by molar-refractivity contribution is 5.81. The second-order valence-corrected chi connectivity index (χ2v) is 5.04. The first kappa shape index (κ1) is 12.0. The quantitative estimate of drug-likeness (QED) is 0.785. The summed E-state index contributed by atoms with van der Waals surface area (Å²) in [4.78, 5) is 6.84. The molecule has 3 rings (SSSR count). The maximum atomic E-state index is 4.46. The molecule has 0 bridgehead atoms. The van der Waals surface area contributed by atoms with E-state index in [2.05, 4.69) is 60.1 Å². The summed E-state index contributed by atoms with van der Waals surface area (Å²) in [6.07, 6.45) is 1.99. The lowest BCUT2D eigenvalue weighted by Crippen LogP contribution is -2.27. The fraction of sp³-hybridized carbons (Fsp3) is 0.235. The molecule has 1 aliphatic heterocycles. The molecule has 0 saturated carbocycles. The molecule has 0 radical (unpaired) electrons. The predicted molar refractivity (Wildman–Crippen MR) is 81.6 cm³/mol. The third-order valence-electron chi connectivity index (χ3n) is 3.83. The predicted octanol–water partition coefficient (Wildman–Crippen LogP) is 4.03. The van der Waals surface area contributed by atoms with E-state index < -0.39 is 0 Å². The van der Waals surface area contributed by atoms with Crippen molar-refractivity contribution < 1.29 is 0 Å². The molecule has 2 aromatic carbocycles. The summed E-state index contributed by atoms with van der Waals surface area (Å²) < 4.78 is 0. The SMILES string of the molecule is Cc1cccc(CN2CC=Nc3ccccc32)c1C. The monoisotopic (exact) mass is 250 g/mol. The van der Waals surface area contributed by atoms with E-state index in [1.807, 2.05) is 12.3 Å². The molecule has 2 aromatic rings. The van der Waals surface area contributed by atoms with Crippen molar-refractivity contribution in [3.8, 4) is 0 Å².